The molecule has 1 saturated heterocycles. The maximum absolute atomic E-state index is 12.7. The van der Waals surface area contributed by atoms with Crippen LogP contribution in [-0.2, 0) is 9.59 Å². The average molecular weight is 375 g/mol. The summed E-state index contributed by atoms with van der Waals surface area (Å²) in [5.41, 5.74) is 2.26. The first-order valence-corrected chi connectivity index (χ1v) is 9.81. The second-order valence-electron chi connectivity index (χ2n) is 6.35. The fourth-order valence-electron chi connectivity index (χ4n) is 2.58. The van der Waals surface area contributed by atoms with Crippen LogP contribution < -0.4 is 10.1 Å². The highest BCUT2D eigenvalue weighted by molar-refractivity contribution is 7.99. The molecule has 0 radical (unpaired) electrons. The van der Waals surface area contributed by atoms with E-state index in [1.165, 1.54) is 0 Å². The Bertz CT molecular complexity index is 715. The van der Waals surface area contributed by atoms with Gasteiger partial charge in [0.25, 0.3) is 5.91 Å². The first-order valence-electron chi connectivity index (χ1n) is 8.66. The molecule has 1 aromatic rings. The molecule has 0 bridgehead atoms. The van der Waals surface area contributed by atoms with E-state index in [1.54, 1.807) is 29.7 Å². The highest BCUT2D eigenvalue weighted by atomic mass is 32.2. The zero-order valence-electron chi connectivity index (χ0n) is 15.6. The van der Waals surface area contributed by atoms with Crippen molar-refractivity contribution >= 4 is 29.3 Å². The van der Waals surface area contributed by atoms with Crippen molar-refractivity contribution < 1.29 is 14.3 Å². The van der Waals surface area contributed by atoms with Gasteiger partial charge in [-0.3, -0.25) is 9.59 Å². The van der Waals surface area contributed by atoms with Crippen molar-refractivity contribution in [1.29, 1.82) is 0 Å². The van der Waals surface area contributed by atoms with E-state index >= 15 is 0 Å². The van der Waals surface area contributed by atoms with Gasteiger partial charge in [-0.25, -0.2) is 0 Å². The van der Waals surface area contributed by atoms with Gasteiger partial charge in [0.15, 0.2) is 0 Å². The second kappa shape index (κ2) is 9.48. The molecule has 0 aliphatic carbocycles. The van der Waals surface area contributed by atoms with Gasteiger partial charge in [-0.05, 0) is 38.0 Å². The summed E-state index contributed by atoms with van der Waals surface area (Å²) in [4.78, 5) is 26.9. The lowest BCUT2D eigenvalue weighted by molar-refractivity contribution is -0.133. The number of hydrogen-bond donors (Lipinski definition) is 1. The Kier molecular flexibility index (Phi) is 7.33. The van der Waals surface area contributed by atoms with Crippen LogP contribution in [0.5, 0.6) is 5.75 Å². The van der Waals surface area contributed by atoms with Crippen LogP contribution in [0, 0.1) is 0 Å². The summed E-state index contributed by atoms with van der Waals surface area (Å²) in [5, 5.41) is 2.90. The van der Waals surface area contributed by atoms with Crippen LogP contribution in [0.2, 0.25) is 0 Å². The molecule has 1 heterocycles. The topological polar surface area (TPSA) is 58.6 Å². The maximum atomic E-state index is 12.7. The van der Waals surface area contributed by atoms with Crippen molar-refractivity contribution in [2.45, 2.75) is 33.2 Å². The highest BCUT2D eigenvalue weighted by Gasteiger charge is 2.35. The standard InChI is InChI=1S/C20H26N2O3S/c1-5-7-15(4)20(24)22-13-26-12-18(22)19(23)21-16-8-6-9-17(10-16)25-11-14(2)3/h6-10,18H,2,5,11-13H2,1,3-4H3,(H,21,23)/b15-7-. The van der Waals surface area contributed by atoms with Gasteiger partial charge < -0.3 is 15.0 Å². The number of benzene rings is 1. The van der Waals surface area contributed by atoms with E-state index in [9.17, 15) is 9.59 Å². The molecule has 1 aromatic carbocycles. The van der Waals surface area contributed by atoms with E-state index in [-0.39, 0.29) is 11.8 Å². The third-order valence-corrected chi connectivity index (χ3v) is 4.89. The Labute approximate surface area is 159 Å². The third-order valence-electron chi connectivity index (χ3n) is 3.88. The van der Waals surface area contributed by atoms with E-state index < -0.39 is 6.04 Å². The van der Waals surface area contributed by atoms with E-state index in [0.717, 1.165) is 12.0 Å². The lowest BCUT2D eigenvalue weighted by Gasteiger charge is -2.23. The van der Waals surface area contributed by atoms with Crippen LogP contribution in [0.4, 0.5) is 5.69 Å². The quantitative estimate of drug-likeness (QED) is 0.582. The molecule has 26 heavy (non-hydrogen) atoms. The van der Waals surface area contributed by atoms with Crippen molar-refractivity contribution in [3.8, 4) is 5.75 Å². The molecule has 5 nitrogen and oxygen atoms in total. The van der Waals surface area contributed by atoms with Crippen LogP contribution in [0.3, 0.4) is 0 Å². The van der Waals surface area contributed by atoms with Gasteiger partial charge >= 0.3 is 0 Å². The van der Waals surface area contributed by atoms with Crippen LogP contribution in [0.15, 0.2) is 48.1 Å². The Hall–Kier alpha value is -2.21. The maximum Gasteiger partial charge on any atom is 0.250 e. The van der Waals surface area contributed by atoms with Gasteiger partial charge in [-0.2, -0.15) is 0 Å². The summed E-state index contributed by atoms with van der Waals surface area (Å²) in [6.07, 6.45) is 2.69. The minimum Gasteiger partial charge on any atom is -0.489 e. The van der Waals surface area contributed by atoms with Crippen molar-refractivity contribution in [3.63, 3.8) is 0 Å². The third kappa shape index (κ3) is 5.39. The SMILES string of the molecule is C=C(C)COc1cccc(NC(=O)C2CSCN2C(=O)/C(C)=C\CC)c1. The molecule has 1 fully saturated rings. The lowest BCUT2D eigenvalue weighted by atomic mass is 10.2. The number of rotatable bonds is 7. The summed E-state index contributed by atoms with van der Waals surface area (Å²) in [6.45, 7) is 9.92. The molecule has 2 rings (SSSR count). The normalized spacial score (nSPS) is 17.1. The zero-order valence-corrected chi connectivity index (χ0v) is 16.4. The van der Waals surface area contributed by atoms with Crippen LogP contribution in [-0.4, -0.2) is 41.0 Å². The second-order valence-corrected chi connectivity index (χ2v) is 7.35. The van der Waals surface area contributed by atoms with E-state index in [2.05, 4.69) is 11.9 Å². The number of thioether (sulfide) groups is 1. The predicted molar refractivity (Wildman–Crippen MR) is 107 cm³/mol. The van der Waals surface area contributed by atoms with Gasteiger partial charge in [0.05, 0.1) is 5.88 Å². The number of allylic oxidation sites excluding steroid dienone is 1. The van der Waals surface area contributed by atoms with Crippen LogP contribution in [0.25, 0.3) is 0 Å². The van der Waals surface area contributed by atoms with Crippen LogP contribution in [0.1, 0.15) is 27.2 Å². The summed E-state index contributed by atoms with van der Waals surface area (Å²) in [7, 11) is 0. The van der Waals surface area contributed by atoms with Gasteiger partial charge in [-0.15, -0.1) is 11.8 Å². The monoisotopic (exact) mass is 374 g/mol. The Balaban J connectivity index is 2.04. The van der Waals surface area contributed by atoms with Crippen molar-refractivity contribution in [1.82, 2.24) is 4.90 Å². The molecule has 0 aromatic heterocycles. The average Bonchev–Trinajstić information content (AvgIpc) is 3.09. The van der Waals surface area contributed by atoms with Gasteiger partial charge in [0.2, 0.25) is 5.91 Å². The van der Waals surface area contributed by atoms with Crippen LogP contribution >= 0.6 is 11.8 Å². The van der Waals surface area contributed by atoms with Gasteiger partial charge in [0, 0.05) is 23.1 Å². The van der Waals surface area contributed by atoms with E-state index in [4.69, 9.17) is 4.74 Å². The molecular formula is C20H26N2O3S. The number of nitrogens with one attached hydrogen (secondary N) is 1. The molecule has 1 N–H and O–H groups in total. The Morgan fingerprint density at radius 3 is 2.88 bits per heavy atom. The first-order chi connectivity index (χ1) is 12.4. The minimum atomic E-state index is -0.465. The molecular weight excluding hydrogens is 348 g/mol. The molecule has 140 valence electrons. The number of carbonyl (C=O) groups is 2. The Morgan fingerprint density at radius 2 is 2.19 bits per heavy atom. The van der Waals surface area contributed by atoms with Gasteiger partial charge in [-0.1, -0.05) is 25.6 Å². The number of ether oxygens (including phenoxy) is 1. The number of anilines is 1. The van der Waals surface area contributed by atoms with Crippen molar-refractivity contribution in [2.24, 2.45) is 0 Å². The first kappa shape index (κ1) is 20.1. The molecule has 1 unspecified atom stereocenters. The molecule has 0 spiro atoms. The summed E-state index contributed by atoms with van der Waals surface area (Å²) >= 11 is 1.59. The Morgan fingerprint density at radius 1 is 1.42 bits per heavy atom. The molecule has 2 amide bonds. The molecule has 1 aliphatic rings. The van der Waals surface area contributed by atoms with Crippen molar-refractivity contribution in [2.75, 3.05) is 23.6 Å². The number of amides is 2. The largest absolute Gasteiger partial charge is 0.489 e. The summed E-state index contributed by atoms with van der Waals surface area (Å²) in [5.74, 6) is 1.55. The molecule has 1 aliphatic heterocycles. The predicted octanol–water partition coefficient (Wildman–Crippen LogP) is 3.84. The smallest absolute Gasteiger partial charge is 0.250 e. The van der Waals surface area contributed by atoms with E-state index in [0.29, 0.717) is 35.2 Å². The van der Waals surface area contributed by atoms with E-state index in [1.807, 2.05) is 38.1 Å². The number of carbonyl (C=O) groups excluding carboxylic acids is 2. The lowest BCUT2D eigenvalue weighted by Crippen LogP contribution is -2.44. The molecule has 1 atom stereocenters. The number of nitrogens with zero attached hydrogens (tertiary/aromatic N) is 1. The summed E-state index contributed by atoms with van der Waals surface area (Å²) in [6, 6.07) is 6.77. The molecule has 0 saturated carbocycles. The summed E-state index contributed by atoms with van der Waals surface area (Å²) < 4.78 is 5.61. The zero-order chi connectivity index (χ0) is 19.1. The van der Waals surface area contributed by atoms with Gasteiger partial charge in [0.1, 0.15) is 18.4 Å². The fraction of sp³-hybridized carbons (Fsp3) is 0.400. The fourth-order valence-corrected chi connectivity index (χ4v) is 3.73. The minimum absolute atomic E-state index is 0.0736. The van der Waals surface area contributed by atoms with Crippen molar-refractivity contribution in [3.05, 3.63) is 48.1 Å². The number of hydrogen-bond acceptors (Lipinski definition) is 4. The molecule has 6 heteroatoms. The highest BCUT2D eigenvalue weighted by Crippen LogP contribution is 2.25.